The lowest BCUT2D eigenvalue weighted by atomic mass is 10.2. The summed E-state index contributed by atoms with van der Waals surface area (Å²) in [7, 11) is 0. The van der Waals surface area contributed by atoms with E-state index >= 15 is 0 Å². The van der Waals surface area contributed by atoms with Gasteiger partial charge in [-0.3, -0.25) is 0 Å². The van der Waals surface area contributed by atoms with E-state index in [0.29, 0.717) is 33.5 Å². The first-order valence-electron chi connectivity index (χ1n) is 8.90. The molecule has 0 unspecified atom stereocenters. The van der Waals surface area contributed by atoms with Gasteiger partial charge in [-0.15, -0.1) is 0 Å². The zero-order chi connectivity index (χ0) is 21.3. The number of hydrogen-bond donors (Lipinski definition) is 1. The average molecular weight is 469 g/mol. The number of nitriles is 1. The molecule has 10 heteroatoms. The second kappa shape index (κ2) is 8.04. The van der Waals surface area contributed by atoms with Crippen molar-refractivity contribution >= 4 is 27.0 Å². The fraction of sp³-hybridized carbons (Fsp3) is 0.150. The molecule has 4 aromatic rings. The highest BCUT2D eigenvalue weighted by molar-refractivity contribution is 9.10. The van der Waals surface area contributed by atoms with Crippen LogP contribution in [0.15, 0.2) is 35.1 Å². The Hall–Kier alpha value is -3.58. The molecule has 0 bridgehead atoms. The SMILES string of the molecule is CCc1[nH]c2nc(Oc3cnc(C)nc3)nc(Oc3cc(C#N)ccc3F)c2c1Br. The third kappa shape index (κ3) is 3.79. The van der Waals surface area contributed by atoms with Gasteiger partial charge in [-0.2, -0.15) is 15.2 Å². The summed E-state index contributed by atoms with van der Waals surface area (Å²) in [5.74, 6) is 0.239. The van der Waals surface area contributed by atoms with Crippen LogP contribution in [-0.2, 0) is 6.42 Å². The van der Waals surface area contributed by atoms with Crippen molar-refractivity contribution in [1.29, 1.82) is 5.26 Å². The smallest absolute Gasteiger partial charge is 0.327 e. The Morgan fingerprint density at radius 1 is 1.20 bits per heavy atom. The average Bonchev–Trinajstić information content (AvgIpc) is 3.07. The molecule has 0 radical (unpaired) electrons. The molecule has 1 N–H and O–H groups in total. The van der Waals surface area contributed by atoms with Crippen molar-refractivity contribution in [2.45, 2.75) is 20.3 Å². The highest BCUT2D eigenvalue weighted by Gasteiger charge is 2.20. The number of H-pyrrole nitrogens is 1. The number of benzene rings is 1. The molecule has 4 rings (SSSR count). The third-order valence-electron chi connectivity index (χ3n) is 4.20. The van der Waals surface area contributed by atoms with Crippen molar-refractivity contribution < 1.29 is 13.9 Å². The molecule has 3 aromatic heterocycles. The summed E-state index contributed by atoms with van der Waals surface area (Å²) in [5.41, 5.74) is 1.57. The number of halogens is 2. The first kappa shape index (κ1) is 19.7. The molecule has 3 heterocycles. The van der Waals surface area contributed by atoms with E-state index in [1.807, 2.05) is 13.0 Å². The fourth-order valence-corrected chi connectivity index (χ4v) is 3.45. The first-order valence-corrected chi connectivity index (χ1v) is 9.70. The predicted octanol–water partition coefficient (Wildman–Crippen LogP) is 4.98. The Morgan fingerprint density at radius 3 is 2.67 bits per heavy atom. The first-order chi connectivity index (χ1) is 14.5. The number of nitrogens with zero attached hydrogens (tertiary/aromatic N) is 5. The molecular weight excluding hydrogens is 455 g/mol. The zero-order valence-corrected chi connectivity index (χ0v) is 17.5. The molecule has 0 aliphatic carbocycles. The molecule has 0 amide bonds. The molecule has 150 valence electrons. The second-order valence-electron chi connectivity index (χ2n) is 6.23. The van der Waals surface area contributed by atoms with Gasteiger partial charge in [0.1, 0.15) is 11.5 Å². The lowest BCUT2D eigenvalue weighted by molar-refractivity contribution is 0.402. The van der Waals surface area contributed by atoms with Crippen molar-refractivity contribution in [3.63, 3.8) is 0 Å². The van der Waals surface area contributed by atoms with E-state index < -0.39 is 5.82 Å². The van der Waals surface area contributed by atoms with E-state index in [1.165, 1.54) is 24.5 Å². The van der Waals surface area contributed by atoms with E-state index in [4.69, 9.17) is 14.7 Å². The molecule has 0 aliphatic heterocycles. The van der Waals surface area contributed by atoms with E-state index in [2.05, 4.69) is 40.8 Å². The van der Waals surface area contributed by atoms with Gasteiger partial charge >= 0.3 is 6.01 Å². The van der Waals surface area contributed by atoms with Crippen molar-refractivity contribution in [3.05, 3.63) is 58.0 Å². The normalized spacial score (nSPS) is 10.8. The largest absolute Gasteiger partial charge is 0.435 e. The molecule has 8 nitrogen and oxygen atoms in total. The summed E-state index contributed by atoms with van der Waals surface area (Å²) < 4.78 is 26.4. The Labute approximate surface area is 178 Å². The number of fused-ring (bicyclic) bond motifs is 1. The Kier molecular flexibility index (Phi) is 5.29. The van der Waals surface area contributed by atoms with Gasteiger partial charge in [0.25, 0.3) is 0 Å². The molecule has 0 aliphatic rings. The summed E-state index contributed by atoms with van der Waals surface area (Å²) >= 11 is 3.52. The van der Waals surface area contributed by atoms with Crippen molar-refractivity contribution in [3.8, 4) is 29.5 Å². The summed E-state index contributed by atoms with van der Waals surface area (Å²) in [6.45, 7) is 3.73. The van der Waals surface area contributed by atoms with Gasteiger partial charge in [0.15, 0.2) is 17.3 Å². The van der Waals surface area contributed by atoms with Crippen LogP contribution < -0.4 is 9.47 Å². The third-order valence-corrected chi connectivity index (χ3v) is 5.07. The summed E-state index contributed by atoms with van der Waals surface area (Å²) in [4.78, 5) is 20.0. The van der Waals surface area contributed by atoms with Crippen molar-refractivity contribution in [2.75, 3.05) is 0 Å². The molecule has 0 saturated carbocycles. The van der Waals surface area contributed by atoms with Gasteiger partial charge in [0, 0.05) is 11.8 Å². The van der Waals surface area contributed by atoms with Crippen LogP contribution in [0.25, 0.3) is 11.0 Å². The van der Waals surface area contributed by atoms with Crippen molar-refractivity contribution in [2.24, 2.45) is 0 Å². The maximum atomic E-state index is 14.3. The maximum absolute atomic E-state index is 14.3. The van der Waals surface area contributed by atoms with E-state index in [9.17, 15) is 4.39 Å². The van der Waals surface area contributed by atoms with Crippen LogP contribution in [0.5, 0.6) is 23.4 Å². The second-order valence-corrected chi connectivity index (χ2v) is 7.03. The van der Waals surface area contributed by atoms with Gasteiger partial charge in [-0.05, 0) is 41.4 Å². The van der Waals surface area contributed by atoms with Crippen LogP contribution in [-0.4, -0.2) is 24.9 Å². The number of rotatable bonds is 5. The van der Waals surface area contributed by atoms with Gasteiger partial charge in [-0.25, -0.2) is 14.4 Å². The summed E-state index contributed by atoms with van der Waals surface area (Å²) in [5, 5.41) is 9.63. The highest BCUT2D eigenvalue weighted by atomic mass is 79.9. The maximum Gasteiger partial charge on any atom is 0.327 e. The minimum absolute atomic E-state index is 0.0294. The fourth-order valence-electron chi connectivity index (χ4n) is 2.71. The van der Waals surface area contributed by atoms with Gasteiger partial charge in [0.2, 0.25) is 5.88 Å². The monoisotopic (exact) mass is 468 g/mol. The van der Waals surface area contributed by atoms with E-state index in [1.54, 1.807) is 6.92 Å². The Bertz CT molecular complexity index is 1280. The number of aryl methyl sites for hydroxylation is 2. The molecule has 0 atom stereocenters. The topological polar surface area (TPSA) is 110 Å². The van der Waals surface area contributed by atoms with Gasteiger partial charge in [0.05, 0.1) is 33.9 Å². The van der Waals surface area contributed by atoms with E-state index in [0.717, 1.165) is 11.8 Å². The minimum Gasteiger partial charge on any atom is -0.435 e. The van der Waals surface area contributed by atoms with E-state index in [-0.39, 0.29) is 23.2 Å². The van der Waals surface area contributed by atoms with Gasteiger partial charge in [-0.1, -0.05) is 6.92 Å². The zero-order valence-electron chi connectivity index (χ0n) is 15.9. The Balaban J connectivity index is 1.82. The molecule has 0 spiro atoms. The van der Waals surface area contributed by atoms with Crippen LogP contribution in [0.3, 0.4) is 0 Å². The van der Waals surface area contributed by atoms with Crippen LogP contribution in [0.1, 0.15) is 24.0 Å². The quantitative estimate of drug-likeness (QED) is 0.439. The Morgan fingerprint density at radius 2 is 1.97 bits per heavy atom. The number of aromatic nitrogens is 5. The lowest BCUT2D eigenvalue weighted by Crippen LogP contribution is -1.98. The minimum atomic E-state index is -0.627. The summed E-state index contributed by atoms with van der Waals surface area (Å²) in [6.07, 6.45) is 3.68. The van der Waals surface area contributed by atoms with Crippen molar-refractivity contribution in [1.82, 2.24) is 24.9 Å². The van der Waals surface area contributed by atoms with Crippen LogP contribution >= 0.6 is 15.9 Å². The predicted molar refractivity (Wildman–Crippen MR) is 109 cm³/mol. The van der Waals surface area contributed by atoms with Crippen LogP contribution in [0.2, 0.25) is 0 Å². The molecular formula is C20H14BrFN6O2. The molecule has 1 aromatic carbocycles. The molecule has 0 fully saturated rings. The number of hydrogen-bond acceptors (Lipinski definition) is 7. The van der Waals surface area contributed by atoms with Crippen LogP contribution in [0, 0.1) is 24.1 Å². The summed E-state index contributed by atoms with van der Waals surface area (Å²) in [6, 6.07) is 5.76. The number of aromatic amines is 1. The standard InChI is InChI=1S/C20H14BrFN6O2/c1-3-14-17(21)16-18(26-14)27-20(29-12-8-24-10(2)25-9-12)28-19(16)30-15-6-11(7-23)4-5-13(15)22/h4-6,8-9H,3H2,1-2H3,(H,26,27,28). The molecule has 0 saturated heterocycles. The number of ether oxygens (including phenoxy) is 2. The van der Waals surface area contributed by atoms with Gasteiger partial charge < -0.3 is 14.5 Å². The lowest BCUT2D eigenvalue weighted by Gasteiger charge is -2.10. The molecule has 30 heavy (non-hydrogen) atoms. The highest BCUT2D eigenvalue weighted by Crippen LogP contribution is 2.38. The number of nitrogens with one attached hydrogen (secondary N) is 1. The van der Waals surface area contributed by atoms with Crippen LogP contribution in [0.4, 0.5) is 4.39 Å².